The van der Waals surface area contributed by atoms with Gasteiger partial charge in [-0.05, 0) is 43.2 Å². The molecule has 3 aromatic rings. The zero-order chi connectivity index (χ0) is 23.3. The fourth-order valence-electron chi connectivity index (χ4n) is 4.33. The van der Waals surface area contributed by atoms with Gasteiger partial charge in [-0.3, -0.25) is 4.79 Å². The lowest BCUT2D eigenvalue weighted by atomic mass is 10.1. The summed E-state index contributed by atoms with van der Waals surface area (Å²) in [5, 5.41) is 3.04. The highest BCUT2D eigenvalue weighted by Gasteiger charge is 2.11. The molecule has 3 rings (SSSR count). The number of aromatic nitrogens is 2. The quantitative estimate of drug-likeness (QED) is 0.212. The van der Waals surface area contributed by atoms with Crippen LogP contribution in [0.5, 0.6) is 0 Å². The van der Waals surface area contributed by atoms with Crippen molar-refractivity contribution in [2.75, 3.05) is 6.54 Å². The highest BCUT2D eigenvalue weighted by Crippen LogP contribution is 2.19. The van der Waals surface area contributed by atoms with E-state index in [9.17, 15) is 4.79 Å². The zero-order valence-corrected chi connectivity index (χ0v) is 21.6. The summed E-state index contributed by atoms with van der Waals surface area (Å²) in [6.45, 7) is 3.94. The predicted octanol–water partition coefficient (Wildman–Crippen LogP) is 7.69. The molecular formula is C28H38BrN3O. The largest absolute Gasteiger partial charge is 0.352 e. The molecule has 0 aliphatic rings. The molecule has 0 unspecified atom stereocenters. The van der Waals surface area contributed by atoms with Gasteiger partial charge in [0.05, 0.1) is 11.0 Å². The lowest BCUT2D eigenvalue weighted by Crippen LogP contribution is -2.25. The van der Waals surface area contributed by atoms with Crippen molar-refractivity contribution in [3.05, 3.63) is 64.4 Å². The minimum absolute atomic E-state index is 0.0282. The Hall–Kier alpha value is -2.14. The number of hydrogen-bond acceptors (Lipinski definition) is 2. The lowest BCUT2D eigenvalue weighted by molar-refractivity contribution is 0.0953. The molecule has 178 valence electrons. The smallest absolute Gasteiger partial charge is 0.251 e. The molecule has 1 aromatic heterocycles. The third kappa shape index (κ3) is 8.29. The highest BCUT2D eigenvalue weighted by molar-refractivity contribution is 9.10. The van der Waals surface area contributed by atoms with E-state index in [1.807, 2.05) is 24.3 Å². The Balaban J connectivity index is 1.45. The summed E-state index contributed by atoms with van der Waals surface area (Å²) in [5.74, 6) is 1.10. The van der Waals surface area contributed by atoms with Gasteiger partial charge in [-0.1, -0.05) is 92.4 Å². The second kappa shape index (κ2) is 14.2. The topological polar surface area (TPSA) is 46.9 Å². The molecule has 0 aliphatic heterocycles. The first-order valence-corrected chi connectivity index (χ1v) is 13.5. The predicted molar refractivity (Wildman–Crippen MR) is 142 cm³/mol. The van der Waals surface area contributed by atoms with Gasteiger partial charge in [0.1, 0.15) is 5.82 Å². The summed E-state index contributed by atoms with van der Waals surface area (Å²) in [7, 11) is 0. The molecular weight excluding hydrogens is 474 g/mol. The number of unbranched alkanes of at least 4 members (excludes halogenated alkanes) is 8. The third-order valence-corrected chi connectivity index (χ3v) is 6.66. The van der Waals surface area contributed by atoms with Crippen molar-refractivity contribution in [1.82, 2.24) is 14.9 Å². The maximum Gasteiger partial charge on any atom is 0.251 e. The molecule has 0 radical (unpaired) electrons. The molecule has 0 saturated carbocycles. The first-order chi connectivity index (χ1) is 16.2. The maximum atomic E-state index is 12.4. The molecule has 1 amide bonds. The van der Waals surface area contributed by atoms with Crippen molar-refractivity contribution >= 4 is 32.9 Å². The summed E-state index contributed by atoms with van der Waals surface area (Å²) in [4.78, 5) is 17.3. The Morgan fingerprint density at radius 2 is 1.64 bits per heavy atom. The van der Waals surface area contributed by atoms with Gasteiger partial charge in [0.2, 0.25) is 0 Å². The second-order valence-electron chi connectivity index (χ2n) is 8.87. The molecule has 0 bridgehead atoms. The molecule has 2 aromatic carbocycles. The van der Waals surface area contributed by atoms with E-state index in [2.05, 4.69) is 57.0 Å². The van der Waals surface area contributed by atoms with Crippen molar-refractivity contribution in [2.45, 2.75) is 84.1 Å². The number of nitrogens with one attached hydrogen (secondary N) is 1. The van der Waals surface area contributed by atoms with Crippen LogP contribution >= 0.6 is 15.9 Å². The number of carbonyl (C=O) groups excluding carboxylic acids is 1. The van der Waals surface area contributed by atoms with Crippen LogP contribution in [0.2, 0.25) is 0 Å². The number of benzene rings is 2. The minimum atomic E-state index is -0.0282. The maximum absolute atomic E-state index is 12.4. The van der Waals surface area contributed by atoms with Crippen LogP contribution in [0.25, 0.3) is 11.0 Å². The Labute approximate surface area is 207 Å². The Kier molecular flexibility index (Phi) is 11.0. The van der Waals surface area contributed by atoms with E-state index in [4.69, 9.17) is 4.98 Å². The minimum Gasteiger partial charge on any atom is -0.352 e. The number of rotatable bonds is 15. The molecule has 1 heterocycles. The number of hydrogen-bond donors (Lipinski definition) is 1. The number of fused-ring (bicyclic) bond motifs is 1. The molecule has 5 heteroatoms. The van der Waals surface area contributed by atoms with Crippen LogP contribution < -0.4 is 5.32 Å². The van der Waals surface area contributed by atoms with Gasteiger partial charge < -0.3 is 9.88 Å². The van der Waals surface area contributed by atoms with Crippen LogP contribution in [0.4, 0.5) is 0 Å². The second-order valence-corrected chi connectivity index (χ2v) is 9.78. The van der Waals surface area contributed by atoms with E-state index in [0.29, 0.717) is 12.1 Å². The average Bonchev–Trinajstić information content (AvgIpc) is 3.18. The SMILES string of the molecule is CCCCCCCCCCCn1c(CCCNC(=O)c2cccc(Br)c2)nc2ccccc21. The molecule has 1 N–H and O–H groups in total. The standard InChI is InChI=1S/C28H38BrN3O/c1-2-3-4-5-6-7-8-9-12-21-32-26-18-11-10-17-25(26)31-27(32)19-14-20-30-28(33)23-15-13-16-24(29)22-23/h10-11,13,15-18,22H,2-9,12,14,19-21H2,1H3,(H,30,33). The highest BCUT2D eigenvalue weighted by atomic mass is 79.9. The van der Waals surface area contributed by atoms with Crippen LogP contribution in [0, 0.1) is 0 Å². The molecule has 4 nitrogen and oxygen atoms in total. The number of para-hydroxylation sites is 2. The van der Waals surface area contributed by atoms with Gasteiger partial charge in [-0.2, -0.15) is 0 Å². The summed E-state index contributed by atoms with van der Waals surface area (Å²) < 4.78 is 3.31. The van der Waals surface area contributed by atoms with E-state index in [-0.39, 0.29) is 5.91 Å². The summed E-state index contributed by atoms with van der Waals surface area (Å²) in [6, 6.07) is 15.9. The molecule has 0 fully saturated rings. The van der Waals surface area contributed by atoms with Crippen LogP contribution in [0.1, 0.15) is 87.3 Å². The number of imidazole rings is 1. The van der Waals surface area contributed by atoms with Crippen molar-refractivity contribution in [3.8, 4) is 0 Å². The summed E-state index contributed by atoms with van der Waals surface area (Å²) in [5.41, 5.74) is 2.98. The normalized spacial score (nSPS) is 11.2. The van der Waals surface area contributed by atoms with Gasteiger partial charge in [0, 0.05) is 29.5 Å². The van der Waals surface area contributed by atoms with Crippen molar-refractivity contribution < 1.29 is 4.79 Å². The van der Waals surface area contributed by atoms with E-state index in [1.165, 1.54) is 63.3 Å². The van der Waals surface area contributed by atoms with Crippen LogP contribution in [0.3, 0.4) is 0 Å². The van der Waals surface area contributed by atoms with Crippen LogP contribution in [-0.4, -0.2) is 22.0 Å². The van der Waals surface area contributed by atoms with Crippen molar-refractivity contribution in [2.24, 2.45) is 0 Å². The average molecular weight is 513 g/mol. The Morgan fingerprint density at radius 3 is 2.39 bits per heavy atom. The van der Waals surface area contributed by atoms with Gasteiger partial charge in [0.15, 0.2) is 0 Å². The van der Waals surface area contributed by atoms with Gasteiger partial charge >= 0.3 is 0 Å². The van der Waals surface area contributed by atoms with E-state index >= 15 is 0 Å². The molecule has 0 saturated heterocycles. The fraction of sp³-hybridized carbons (Fsp3) is 0.500. The third-order valence-electron chi connectivity index (χ3n) is 6.17. The lowest BCUT2D eigenvalue weighted by Gasteiger charge is -2.10. The van der Waals surface area contributed by atoms with Crippen LogP contribution in [0.15, 0.2) is 53.0 Å². The van der Waals surface area contributed by atoms with E-state index in [1.54, 1.807) is 0 Å². The fourth-order valence-corrected chi connectivity index (χ4v) is 4.73. The van der Waals surface area contributed by atoms with E-state index < -0.39 is 0 Å². The molecule has 0 atom stereocenters. The molecule has 33 heavy (non-hydrogen) atoms. The number of halogens is 1. The first-order valence-electron chi connectivity index (χ1n) is 12.7. The number of nitrogens with zero attached hydrogens (tertiary/aromatic N) is 2. The summed E-state index contributed by atoms with van der Waals surface area (Å²) in [6.07, 6.45) is 13.8. The summed E-state index contributed by atoms with van der Waals surface area (Å²) >= 11 is 3.42. The number of carbonyl (C=O) groups is 1. The van der Waals surface area contributed by atoms with E-state index in [0.717, 1.165) is 35.2 Å². The number of aryl methyl sites for hydroxylation is 2. The Morgan fingerprint density at radius 1 is 0.909 bits per heavy atom. The van der Waals surface area contributed by atoms with Crippen molar-refractivity contribution in [3.63, 3.8) is 0 Å². The number of amides is 1. The van der Waals surface area contributed by atoms with Crippen molar-refractivity contribution in [1.29, 1.82) is 0 Å². The molecule has 0 aliphatic carbocycles. The first kappa shape index (κ1) is 25.5. The van der Waals surface area contributed by atoms with Gasteiger partial charge in [-0.25, -0.2) is 4.98 Å². The zero-order valence-electron chi connectivity index (χ0n) is 20.0. The van der Waals surface area contributed by atoms with Crippen LogP contribution in [-0.2, 0) is 13.0 Å². The monoisotopic (exact) mass is 511 g/mol. The van der Waals surface area contributed by atoms with Gasteiger partial charge in [0.25, 0.3) is 5.91 Å². The van der Waals surface area contributed by atoms with Gasteiger partial charge in [-0.15, -0.1) is 0 Å². The molecule has 0 spiro atoms. The Bertz CT molecular complexity index is 998.